The first-order valence-corrected chi connectivity index (χ1v) is 7.66. The van der Waals surface area contributed by atoms with Gasteiger partial charge in [0.25, 0.3) is 0 Å². The summed E-state index contributed by atoms with van der Waals surface area (Å²) in [5.74, 6) is 0. The smallest absolute Gasteiger partial charge is 0.409 e. The molecule has 22 heavy (non-hydrogen) atoms. The van der Waals surface area contributed by atoms with E-state index in [-0.39, 0.29) is 19.8 Å². The molecule has 2 amide bonds. The average Bonchev–Trinajstić information content (AvgIpc) is 2.52. The fourth-order valence-corrected chi connectivity index (χ4v) is 1.46. The number of carbonyl (C=O) groups excluding carboxylic acids is 2. The van der Waals surface area contributed by atoms with Crippen molar-refractivity contribution in [2.45, 2.75) is 26.7 Å². The highest BCUT2D eigenvalue weighted by atomic mass is 16.6. The highest BCUT2D eigenvalue weighted by Gasteiger charge is 2.14. The Hall–Kier alpha value is -1.54. The number of hydrogen-bond acceptors (Lipinski definition) is 6. The van der Waals surface area contributed by atoms with E-state index in [1.54, 1.807) is 0 Å². The third-order valence-electron chi connectivity index (χ3n) is 2.52. The van der Waals surface area contributed by atoms with Crippen LogP contribution in [-0.2, 0) is 14.2 Å². The van der Waals surface area contributed by atoms with Gasteiger partial charge in [0, 0.05) is 19.6 Å². The van der Waals surface area contributed by atoms with Crippen LogP contribution in [0.1, 0.15) is 26.7 Å². The molecule has 0 unspecified atom stereocenters. The second-order valence-corrected chi connectivity index (χ2v) is 4.50. The SMILES string of the molecule is CCCOC(=O)NCCN(CCOCCO)C(=O)OCCC. The Bertz CT molecular complexity index is 301. The van der Waals surface area contributed by atoms with E-state index in [9.17, 15) is 9.59 Å². The van der Waals surface area contributed by atoms with Crippen LogP contribution < -0.4 is 5.32 Å². The van der Waals surface area contributed by atoms with E-state index < -0.39 is 12.2 Å². The fraction of sp³-hybridized carbons (Fsp3) is 0.857. The number of nitrogens with zero attached hydrogens (tertiary/aromatic N) is 1. The van der Waals surface area contributed by atoms with Crippen LogP contribution in [-0.4, -0.2) is 74.9 Å². The number of nitrogens with one attached hydrogen (secondary N) is 1. The summed E-state index contributed by atoms with van der Waals surface area (Å²) in [6.07, 6.45) is 0.547. The number of aliphatic hydroxyl groups excluding tert-OH is 1. The van der Waals surface area contributed by atoms with Crippen molar-refractivity contribution in [3.8, 4) is 0 Å². The topological polar surface area (TPSA) is 97.3 Å². The number of carbonyl (C=O) groups is 2. The van der Waals surface area contributed by atoms with Gasteiger partial charge >= 0.3 is 12.2 Å². The Morgan fingerprint density at radius 3 is 2.32 bits per heavy atom. The Morgan fingerprint density at radius 1 is 1.00 bits per heavy atom. The zero-order valence-corrected chi connectivity index (χ0v) is 13.5. The minimum absolute atomic E-state index is 0.0644. The molecule has 0 aromatic carbocycles. The van der Waals surface area contributed by atoms with E-state index in [4.69, 9.17) is 19.3 Å². The number of hydrogen-bond donors (Lipinski definition) is 2. The van der Waals surface area contributed by atoms with E-state index in [0.717, 1.165) is 12.8 Å². The van der Waals surface area contributed by atoms with Gasteiger partial charge in [0.15, 0.2) is 0 Å². The van der Waals surface area contributed by atoms with Crippen molar-refractivity contribution in [2.75, 3.05) is 52.7 Å². The van der Waals surface area contributed by atoms with Gasteiger partial charge in [0.2, 0.25) is 0 Å². The first kappa shape index (κ1) is 20.5. The lowest BCUT2D eigenvalue weighted by molar-refractivity contribution is 0.0609. The maximum Gasteiger partial charge on any atom is 0.409 e. The van der Waals surface area contributed by atoms with Gasteiger partial charge in [0.1, 0.15) is 0 Å². The van der Waals surface area contributed by atoms with Crippen LogP contribution in [0.4, 0.5) is 9.59 Å². The molecule has 0 spiro atoms. The van der Waals surface area contributed by atoms with Crippen LogP contribution in [0.15, 0.2) is 0 Å². The van der Waals surface area contributed by atoms with E-state index in [1.807, 2.05) is 13.8 Å². The molecule has 0 saturated carbocycles. The Morgan fingerprint density at radius 2 is 1.68 bits per heavy atom. The fourth-order valence-electron chi connectivity index (χ4n) is 1.46. The monoisotopic (exact) mass is 320 g/mol. The van der Waals surface area contributed by atoms with E-state index in [2.05, 4.69) is 5.32 Å². The summed E-state index contributed by atoms with van der Waals surface area (Å²) < 4.78 is 15.1. The maximum atomic E-state index is 11.9. The lowest BCUT2D eigenvalue weighted by atomic mass is 10.5. The molecule has 0 aliphatic heterocycles. The Labute approximate surface area is 131 Å². The van der Waals surface area contributed by atoms with Crippen LogP contribution in [0, 0.1) is 0 Å². The average molecular weight is 320 g/mol. The molecule has 130 valence electrons. The van der Waals surface area contributed by atoms with E-state index in [1.165, 1.54) is 4.90 Å². The van der Waals surface area contributed by atoms with Gasteiger partial charge in [-0.05, 0) is 12.8 Å². The van der Waals surface area contributed by atoms with Crippen LogP contribution in [0.5, 0.6) is 0 Å². The molecule has 2 N–H and O–H groups in total. The summed E-state index contributed by atoms with van der Waals surface area (Å²) in [4.78, 5) is 24.6. The zero-order chi connectivity index (χ0) is 16.6. The van der Waals surface area contributed by atoms with Crippen LogP contribution in [0.25, 0.3) is 0 Å². The number of alkyl carbamates (subject to hydrolysis) is 1. The minimum atomic E-state index is -0.500. The molecule has 0 heterocycles. The second-order valence-electron chi connectivity index (χ2n) is 4.50. The van der Waals surface area contributed by atoms with Crippen molar-refractivity contribution in [3.05, 3.63) is 0 Å². The van der Waals surface area contributed by atoms with Gasteiger partial charge in [-0.25, -0.2) is 9.59 Å². The largest absolute Gasteiger partial charge is 0.450 e. The molecule has 0 atom stereocenters. The van der Waals surface area contributed by atoms with Crippen molar-refractivity contribution in [1.82, 2.24) is 10.2 Å². The quantitative estimate of drug-likeness (QED) is 0.520. The highest BCUT2D eigenvalue weighted by molar-refractivity contribution is 5.68. The third kappa shape index (κ3) is 11.2. The van der Waals surface area contributed by atoms with Crippen molar-refractivity contribution in [1.29, 1.82) is 0 Å². The molecule has 0 aromatic rings. The maximum absolute atomic E-state index is 11.9. The van der Waals surface area contributed by atoms with Crippen LogP contribution >= 0.6 is 0 Å². The van der Waals surface area contributed by atoms with Gasteiger partial charge in [-0.1, -0.05) is 13.8 Å². The number of amides is 2. The standard InChI is InChI=1S/C14H28N2O6/c1-3-9-21-13(18)15-5-6-16(7-11-20-12-8-17)14(19)22-10-4-2/h17H,3-12H2,1-2H3,(H,15,18). The predicted molar refractivity (Wildman–Crippen MR) is 80.8 cm³/mol. The predicted octanol–water partition coefficient (Wildman–Crippen LogP) is 0.980. The van der Waals surface area contributed by atoms with Gasteiger partial charge in [-0.2, -0.15) is 0 Å². The van der Waals surface area contributed by atoms with Crippen molar-refractivity contribution in [3.63, 3.8) is 0 Å². The third-order valence-corrected chi connectivity index (χ3v) is 2.52. The van der Waals surface area contributed by atoms with Crippen molar-refractivity contribution in [2.24, 2.45) is 0 Å². The molecule has 0 fully saturated rings. The molecule has 0 aromatic heterocycles. The molecular weight excluding hydrogens is 292 g/mol. The first-order valence-electron chi connectivity index (χ1n) is 7.66. The Kier molecular flexibility index (Phi) is 13.4. The van der Waals surface area contributed by atoms with E-state index >= 15 is 0 Å². The molecule has 8 heteroatoms. The molecule has 0 bridgehead atoms. The molecule has 0 rings (SSSR count). The molecule has 0 aliphatic carbocycles. The van der Waals surface area contributed by atoms with Crippen LogP contribution in [0.2, 0.25) is 0 Å². The minimum Gasteiger partial charge on any atom is -0.450 e. The first-order chi connectivity index (χ1) is 10.7. The van der Waals surface area contributed by atoms with E-state index in [0.29, 0.717) is 32.9 Å². The summed E-state index contributed by atoms with van der Waals surface area (Å²) in [5.41, 5.74) is 0. The Balaban J connectivity index is 4.09. The molecule has 0 radical (unpaired) electrons. The van der Waals surface area contributed by atoms with Gasteiger partial charge < -0.3 is 29.5 Å². The second kappa shape index (κ2) is 14.4. The molecule has 8 nitrogen and oxygen atoms in total. The summed E-state index contributed by atoms with van der Waals surface area (Å²) in [6.45, 7) is 5.87. The van der Waals surface area contributed by atoms with Gasteiger partial charge in [-0.15, -0.1) is 0 Å². The lowest BCUT2D eigenvalue weighted by Crippen LogP contribution is -2.41. The summed E-state index contributed by atoms with van der Waals surface area (Å²) >= 11 is 0. The summed E-state index contributed by atoms with van der Waals surface area (Å²) in [6, 6.07) is 0. The molecule has 0 aliphatic rings. The summed E-state index contributed by atoms with van der Waals surface area (Å²) in [5, 5.41) is 11.2. The number of rotatable bonds is 12. The van der Waals surface area contributed by atoms with Crippen LogP contribution in [0.3, 0.4) is 0 Å². The van der Waals surface area contributed by atoms with Gasteiger partial charge in [-0.3, -0.25) is 0 Å². The zero-order valence-electron chi connectivity index (χ0n) is 13.5. The number of aliphatic hydroxyl groups is 1. The number of ether oxygens (including phenoxy) is 3. The highest BCUT2D eigenvalue weighted by Crippen LogP contribution is 1.96. The van der Waals surface area contributed by atoms with Gasteiger partial charge in [0.05, 0.1) is 33.0 Å². The normalized spacial score (nSPS) is 10.1. The molecular formula is C14H28N2O6. The summed E-state index contributed by atoms with van der Waals surface area (Å²) in [7, 11) is 0. The lowest BCUT2D eigenvalue weighted by Gasteiger charge is -2.22. The van der Waals surface area contributed by atoms with Crippen molar-refractivity contribution < 1.29 is 28.9 Å². The van der Waals surface area contributed by atoms with Crippen molar-refractivity contribution >= 4 is 12.2 Å². The molecule has 0 saturated heterocycles.